The van der Waals surface area contributed by atoms with Crippen LogP contribution in [-0.4, -0.2) is 44.0 Å². The molecule has 2 bridgehead atoms. The number of nitriles is 1. The minimum atomic E-state index is 0.126. The highest BCUT2D eigenvalue weighted by atomic mass is 16.3. The van der Waals surface area contributed by atoms with Gasteiger partial charge < -0.3 is 19.9 Å². The van der Waals surface area contributed by atoms with Crippen molar-refractivity contribution in [3.05, 3.63) is 54.4 Å². The maximum absolute atomic E-state index is 10.6. The topological polar surface area (TPSA) is 90.0 Å². The summed E-state index contributed by atoms with van der Waals surface area (Å²) < 4.78 is 1.80. The molecule has 0 aliphatic carbocycles. The van der Waals surface area contributed by atoms with Crippen molar-refractivity contribution in [2.75, 3.05) is 11.9 Å². The molecule has 7 nitrogen and oxygen atoms in total. The molecule has 3 atom stereocenters. The van der Waals surface area contributed by atoms with Crippen LogP contribution in [0.25, 0.3) is 16.9 Å². The second-order valence-electron chi connectivity index (χ2n) is 9.82. The molecule has 0 amide bonds. The van der Waals surface area contributed by atoms with Gasteiger partial charge in [0.15, 0.2) is 5.82 Å². The summed E-state index contributed by atoms with van der Waals surface area (Å²) in [6.45, 7) is 4.66. The lowest BCUT2D eigenvalue weighted by atomic mass is 9.84. The molecule has 1 unspecified atom stereocenters. The Bertz CT molecular complexity index is 1180. The molecule has 164 valence electrons. The molecule has 0 spiro atoms. The smallest absolute Gasteiger partial charge is 0.151 e. The Morgan fingerprint density at radius 2 is 1.88 bits per heavy atom. The number of hydrogen-bond acceptors (Lipinski definition) is 6. The molecule has 2 aliphatic rings. The van der Waals surface area contributed by atoms with Crippen molar-refractivity contribution in [2.24, 2.45) is 0 Å². The molecule has 0 saturated carbocycles. The zero-order valence-electron chi connectivity index (χ0n) is 18.7. The van der Waals surface area contributed by atoms with Crippen LogP contribution in [0.5, 0.6) is 5.75 Å². The third kappa shape index (κ3) is 3.61. The predicted molar refractivity (Wildman–Crippen MR) is 124 cm³/mol. The highest BCUT2D eigenvalue weighted by Crippen LogP contribution is 2.43. The lowest BCUT2D eigenvalue weighted by molar-refractivity contribution is 0.207. The van der Waals surface area contributed by atoms with Crippen molar-refractivity contribution in [3.63, 3.8) is 0 Å². The first-order valence-corrected chi connectivity index (χ1v) is 11.1. The van der Waals surface area contributed by atoms with Gasteiger partial charge in [-0.2, -0.15) is 5.26 Å². The molecule has 2 aliphatic heterocycles. The van der Waals surface area contributed by atoms with Gasteiger partial charge in [-0.15, -0.1) is 10.2 Å². The van der Waals surface area contributed by atoms with Crippen LogP contribution in [0.4, 0.5) is 5.82 Å². The van der Waals surface area contributed by atoms with E-state index in [1.807, 2.05) is 24.3 Å². The SMILES string of the molecule is CN(c1ccc(-c2ccc(-n3ccc(C#N)c3)cc2O)nn1)C1C[C@]2(C)CC[C@](C)(C1)N2. The number of hydrogen-bond donors (Lipinski definition) is 2. The Morgan fingerprint density at radius 3 is 2.47 bits per heavy atom. The Labute approximate surface area is 188 Å². The van der Waals surface area contributed by atoms with Crippen LogP contribution < -0.4 is 10.2 Å². The molecule has 2 saturated heterocycles. The number of piperidine rings is 1. The summed E-state index contributed by atoms with van der Waals surface area (Å²) in [4.78, 5) is 2.25. The van der Waals surface area contributed by atoms with Crippen molar-refractivity contribution >= 4 is 5.82 Å². The minimum absolute atomic E-state index is 0.126. The van der Waals surface area contributed by atoms with Gasteiger partial charge in [-0.05, 0) is 69.9 Å². The molecule has 32 heavy (non-hydrogen) atoms. The van der Waals surface area contributed by atoms with Gasteiger partial charge in [0, 0.05) is 53.9 Å². The number of phenols is 1. The van der Waals surface area contributed by atoms with Gasteiger partial charge in [-0.25, -0.2) is 0 Å². The van der Waals surface area contributed by atoms with Gasteiger partial charge in [0.2, 0.25) is 0 Å². The van der Waals surface area contributed by atoms with Gasteiger partial charge >= 0.3 is 0 Å². The third-order valence-corrected chi connectivity index (χ3v) is 7.14. The zero-order valence-corrected chi connectivity index (χ0v) is 18.7. The van der Waals surface area contributed by atoms with E-state index in [0.717, 1.165) is 24.3 Å². The molecule has 1 aromatic carbocycles. The first-order valence-electron chi connectivity index (χ1n) is 11.1. The summed E-state index contributed by atoms with van der Waals surface area (Å²) in [5.74, 6) is 0.973. The largest absolute Gasteiger partial charge is 0.507 e. The summed E-state index contributed by atoms with van der Waals surface area (Å²) in [5, 5.41) is 32.4. The molecule has 2 aromatic heterocycles. The first-order chi connectivity index (χ1) is 15.3. The molecule has 4 heterocycles. The van der Waals surface area contributed by atoms with Crippen molar-refractivity contribution in [1.29, 1.82) is 5.26 Å². The fourth-order valence-corrected chi connectivity index (χ4v) is 5.46. The Morgan fingerprint density at radius 1 is 1.12 bits per heavy atom. The van der Waals surface area contributed by atoms with E-state index in [0.29, 0.717) is 22.9 Å². The number of nitrogens with zero attached hydrogens (tertiary/aromatic N) is 5. The van der Waals surface area contributed by atoms with Crippen molar-refractivity contribution in [2.45, 2.75) is 56.7 Å². The molecule has 0 radical (unpaired) electrons. The maximum Gasteiger partial charge on any atom is 0.151 e. The number of anilines is 1. The monoisotopic (exact) mass is 428 g/mol. The Hall–Kier alpha value is -3.37. The summed E-state index contributed by atoms with van der Waals surface area (Å²) in [6, 6.07) is 13.6. The van der Waals surface area contributed by atoms with Crippen LogP contribution in [0.15, 0.2) is 48.8 Å². The van der Waals surface area contributed by atoms with Gasteiger partial charge in [0.25, 0.3) is 0 Å². The summed E-state index contributed by atoms with van der Waals surface area (Å²) in [6.07, 6.45) is 8.15. The van der Waals surface area contributed by atoms with Gasteiger partial charge in [-0.1, -0.05) is 0 Å². The molecule has 3 aromatic rings. The second kappa shape index (κ2) is 7.35. The fraction of sp³-hybridized carbons (Fsp3) is 0.400. The molecule has 5 rings (SSSR count). The maximum atomic E-state index is 10.6. The fourth-order valence-electron chi connectivity index (χ4n) is 5.46. The van der Waals surface area contributed by atoms with Crippen LogP contribution in [-0.2, 0) is 0 Å². The number of rotatable bonds is 4. The highest BCUT2D eigenvalue weighted by molar-refractivity contribution is 5.69. The summed E-state index contributed by atoms with van der Waals surface area (Å²) >= 11 is 0. The predicted octanol–water partition coefficient (Wildman–Crippen LogP) is 4.01. The van der Waals surface area contributed by atoms with Gasteiger partial charge in [0.1, 0.15) is 11.8 Å². The van der Waals surface area contributed by atoms with E-state index in [1.54, 1.807) is 29.1 Å². The van der Waals surface area contributed by atoms with Crippen molar-refractivity contribution in [3.8, 4) is 28.8 Å². The van der Waals surface area contributed by atoms with Crippen LogP contribution >= 0.6 is 0 Å². The molecular formula is C25H28N6O. The minimum Gasteiger partial charge on any atom is -0.507 e. The number of fused-ring (bicyclic) bond motifs is 2. The standard InChI is InChI=1S/C25H28N6O/c1-24-9-10-25(2,29-24)14-19(13-24)30(3)23-7-6-21(27-28-23)20-5-4-18(12-22(20)32)31-11-8-17(15-26)16-31/h4-8,11-12,16,19,29,32H,9-10,13-14H2,1-3H3/t19?,24-,25+. The average Bonchev–Trinajstić information content (AvgIpc) is 3.34. The van der Waals surface area contributed by atoms with E-state index >= 15 is 0 Å². The lowest BCUT2D eigenvalue weighted by Crippen LogP contribution is -2.58. The number of nitrogens with one attached hydrogen (secondary N) is 1. The number of aromatic hydroxyl groups is 1. The van der Waals surface area contributed by atoms with E-state index in [4.69, 9.17) is 5.26 Å². The van der Waals surface area contributed by atoms with Crippen LogP contribution in [0.3, 0.4) is 0 Å². The van der Waals surface area contributed by atoms with Crippen molar-refractivity contribution < 1.29 is 5.11 Å². The van der Waals surface area contributed by atoms with Gasteiger partial charge in [-0.3, -0.25) is 0 Å². The summed E-state index contributed by atoms with van der Waals surface area (Å²) in [7, 11) is 2.10. The van der Waals surface area contributed by atoms with E-state index in [2.05, 4.69) is 47.4 Å². The summed E-state index contributed by atoms with van der Waals surface area (Å²) in [5.41, 5.74) is 2.99. The second-order valence-corrected chi connectivity index (χ2v) is 9.82. The Kier molecular flexibility index (Phi) is 4.72. The zero-order chi connectivity index (χ0) is 22.5. The molecule has 2 N–H and O–H groups in total. The van der Waals surface area contributed by atoms with Gasteiger partial charge in [0.05, 0.1) is 11.3 Å². The van der Waals surface area contributed by atoms with E-state index < -0.39 is 0 Å². The van der Waals surface area contributed by atoms with E-state index in [1.165, 1.54) is 12.8 Å². The quantitative estimate of drug-likeness (QED) is 0.653. The average molecular weight is 429 g/mol. The van der Waals surface area contributed by atoms with E-state index in [9.17, 15) is 5.11 Å². The number of phenolic OH excluding ortho intramolecular Hbond substituents is 1. The molecular weight excluding hydrogens is 400 g/mol. The first kappa shape index (κ1) is 20.5. The lowest BCUT2D eigenvalue weighted by Gasteiger charge is -2.45. The normalized spacial score (nSPS) is 26.6. The third-order valence-electron chi connectivity index (χ3n) is 7.14. The van der Waals surface area contributed by atoms with Crippen LogP contribution in [0.1, 0.15) is 45.1 Å². The molecule has 7 heteroatoms. The highest BCUT2D eigenvalue weighted by Gasteiger charge is 2.49. The van der Waals surface area contributed by atoms with Crippen LogP contribution in [0.2, 0.25) is 0 Å². The van der Waals surface area contributed by atoms with Crippen molar-refractivity contribution in [1.82, 2.24) is 20.1 Å². The Balaban J connectivity index is 1.35. The number of benzene rings is 1. The molecule has 2 fully saturated rings. The van der Waals surface area contributed by atoms with Crippen LogP contribution in [0, 0.1) is 11.3 Å². The van der Waals surface area contributed by atoms with E-state index in [-0.39, 0.29) is 16.8 Å². The number of aromatic nitrogens is 3.